The zero-order chi connectivity index (χ0) is 37.0. The van der Waals surface area contributed by atoms with Gasteiger partial charge >= 0.3 is 0 Å². The van der Waals surface area contributed by atoms with Gasteiger partial charge in [0.1, 0.15) is 11.2 Å². The van der Waals surface area contributed by atoms with E-state index in [1.165, 1.54) is 71.1 Å². The number of furan rings is 1. The average Bonchev–Trinajstić information content (AvgIpc) is 3.67. The Labute approximate surface area is 325 Å². The maximum Gasteiger partial charge on any atom is 0.136 e. The molecule has 0 saturated carbocycles. The van der Waals surface area contributed by atoms with Crippen LogP contribution < -0.4 is 4.90 Å². The van der Waals surface area contributed by atoms with Crippen molar-refractivity contribution in [2.45, 2.75) is 0 Å². The average molecular weight is 714 g/mol. The number of fused-ring (bicyclic) bond motifs is 10. The normalized spacial score (nSPS) is 11.6. The van der Waals surface area contributed by atoms with Crippen molar-refractivity contribution < 1.29 is 4.42 Å². The van der Waals surface area contributed by atoms with Crippen LogP contribution in [0.3, 0.4) is 0 Å². The Bertz CT molecular complexity index is 3170. The summed E-state index contributed by atoms with van der Waals surface area (Å²) in [6.07, 6.45) is 0. The van der Waals surface area contributed by atoms with Crippen LogP contribution in [0.1, 0.15) is 0 Å². The molecule has 10 aromatic carbocycles. The Morgan fingerprint density at radius 2 is 0.661 bits per heavy atom. The fourth-order valence-corrected chi connectivity index (χ4v) is 8.62. The summed E-state index contributed by atoms with van der Waals surface area (Å²) in [5.74, 6) is 0. The zero-order valence-electron chi connectivity index (χ0n) is 30.6. The maximum absolute atomic E-state index is 6.40. The van der Waals surface area contributed by atoms with Crippen LogP contribution in [0, 0.1) is 0 Å². The number of anilines is 3. The van der Waals surface area contributed by atoms with Crippen LogP contribution in [0.4, 0.5) is 17.1 Å². The van der Waals surface area contributed by atoms with Crippen molar-refractivity contribution in [1.82, 2.24) is 0 Å². The molecular formula is C54H35NO. The van der Waals surface area contributed by atoms with Gasteiger partial charge in [0.2, 0.25) is 0 Å². The minimum Gasteiger partial charge on any atom is -0.456 e. The van der Waals surface area contributed by atoms with Crippen LogP contribution in [-0.4, -0.2) is 0 Å². The van der Waals surface area contributed by atoms with Crippen LogP contribution in [0.5, 0.6) is 0 Å². The number of rotatable bonds is 6. The van der Waals surface area contributed by atoms with Crippen molar-refractivity contribution in [3.8, 4) is 33.4 Å². The molecule has 0 unspecified atom stereocenters. The fourth-order valence-electron chi connectivity index (χ4n) is 8.62. The smallest absolute Gasteiger partial charge is 0.136 e. The minimum atomic E-state index is 0.911. The summed E-state index contributed by atoms with van der Waals surface area (Å²) in [7, 11) is 0. The summed E-state index contributed by atoms with van der Waals surface area (Å²) < 4.78 is 6.40. The molecule has 1 aromatic heterocycles. The van der Waals surface area contributed by atoms with E-state index in [1.54, 1.807) is 0 Å². The monoisotopic (exact) mass is 713 g/mol. The Kier molecular flexibility index (Phi) is 7.53. The quantitative estimate of drug-likeness (QED) is 0.160. The third-order valence-corrected chi connectivity index (χ3v) is 11.3. The molecule has 0 bridgehead atoms. The molecule has 0 N–H and O–H groups in total. The highest BCUT2D eigenvalue weighted by Crippen LogP contribution is 2.47. The first-order valence-electron chi connectivity index (χ1n) is 19.2. The third kappa shape index (κ3) is 5.26. The van der Waals surface area contributed by atoms with Crippen LogP contribution in [-0.2, 0) is 0 Å². The van der Waals surface area contributed by atoms with Crippen molar-refractivity contribution in [3.63, 3.8) is 0 Å². The molecule has 0 amide bonds. The summed E-state index contributed by atoms with van der Waals surface area (Å²) in [6.45, 7) is 0. The van der Waals surface area contributed by atoms with Crippen LogP contribution in [0.2, 0.25) is 0 Å². The van der Waals surface area contributed by atoms with Crippen molar-refractivity contribution >= 4 is 71.3 Å². The molecule has 0 spiro atoms. The van der Waals surface area contributed by atoms with E-state index in [9.17, 15) is 0 Å². The van der Waals surface area contributed by atoms with E-state index in [0.29, 0.717) is 0 Å². The lowest BCUT2D eigenvalue weighted by Gasteiger charge is -2.28. The lowest BCUT2D eigenvalue weighted by molar-refractivity contribution is 0.669. The predicted octanol–water partition coefficient (Wildman–Crippen LogP) is 15.5. The summed E-state index contributed by atoms with van der Waals surface area (Å²) in [5.41, 5.74) is 12.3. The second-order valence-electron chi connectivity index (χ2n) is 14.4. The van der Waals surface area contributed by atoms with Gasteiger partial charge < -0.3 is 9.32 Å². The topological polar surface area (TPSA) is 16.4 Å². The second kappa shape index (κ2) is 13.2. The van der Waals surface area contributed by atoms with E-state index in [1.807, 2.05) is 6.07 Å². The largest absolute Gasteiger partial charge is 0.456 e. The van der Waals surface area contributed by atoms with Gasteiger partial charge in [0, 0.05) is 32.9 Å². The molecule has 11 aromatic rings. The molecule has 11 rings (SSSR count). The molecule has 0 fully saturated rings. The number of para-hydroxylation sites is 1. The molecule has 0 atom stereocenters. The number of benzene rings is 10. The fraction of sp³-hybridized carbons (Fsp3) is 0. The Morgan fingerprint density at radius 3 is 1.21 bits per heavy atom. The molecule has 2 nitrogen and oxygen atoms in total. The molecule has 0 radical (unpaired) electrons. The molecule has 2 heteroatoms. The first-order chi connectivity index (χ1) is 27.8. The van der Waals surface area contributed by atoms with Gasteiger partial charge in [-0.05, 0) is 103 Å². The first-order valence-corrected chi connectivity index (χ1v) is 19.2. The molecular weight excluding hydrogens is 679 g/mol. The highest BCUT2D eigenvalue weighted by Gasteiger charge is 2.21. The Hall–Kier alpha value is -7.42. The van der Waals surface area contributed by atoms with Crippen molar-refractivity contribution in [2.75, 3.05) is 4.90 Å². The van der Waals surface area contributed by atoms with E-state index in [0.717, 1.165) is 33.6 Å². The minimum absolute atomic E-state index is 0.911. The van der Waals surface area contributed by atoms with E-state index < -0.39 is 0 Å². The van der Waals surface area contributed by atoms with Crippen LogP contribution in [0.25, 0.3) is 87.6 Å². The van der Waals surface area contributed by atoms with Crippen LogP contribution >= 0.6 is 0 Å². The number of nitrogens with zero attached hydrogens (tertiary/aromatic N) is 1. The predicted molar refractivity (Wildman–Crippen MR) is 237 cm³/mol. The van der Waals surface area contributed by atoms with Gasteiger partial charge in [-0.1, -0.05) is 164 Å². The molecule has 0 saturated heterocycles. The molecule has 0 aliphatic rings. The number of hydrogen-bond acceptors (Lipinski definition) is 2. The standard InChI is InChI=1S/C54H35NO/c1-3-12-36(13-4-1)38-22-24-39(25-23-38)41-28-32-43(33-29-41)55(42-30-26-40(27-31-42)37-14-5-2-6-15-37)49-20-11-19-45-47-34-35-51-54(48-18-9-10-21-50(48)56-51)53(47)46-17-8-7-16-44(46)52(45)49/h1-35H. The van der Waals surface area contributed by atoms with E-state index in [4.69, 9.17) is 4.42 Å². The second-order valence-corrected chi connectivity index (χ2v) is 14.4. The Morgan fingerprint density at radius 1 is 0.250 bits per heavy atom. The summed E-state index contributed by atoms with van der Waals surface area (Å²) in [4.78, 5) is 2.42. The summed E-state index contributed by atoms with van der Waals surface area (Å²) in [5, 5.41) is 9.62. The zero-order valence-corrected chi connectivity index (χ0v) is 30.6. The molecule has 262 valence electrons. The highest BCUT2D eigenvalue weighted by atomic mass is 16.3. The van der Waals surface area contributed by atoms with Crippen LogP contribution in [0.15, 0.2) is 217 Å². The van der Waals surface area contributed by atoms with Gasteiger partial charge in [-0.15, -0.1) is 0 Å². The van der Waals surface area contributed by atoms with Gasteiger partial charge in [0.15, 0.2) is 0 Å². The summed E-state index contributed by atoms with van der Waals surface area (Å²) >= 11 is 0. The molecule has 0 aliphatic carbocycles. The van der Waals surface area contributed by atoms with Gasteiger partial charge in [0.25, 0.3) is 0 Å². The van der Waals surface area contributed by atoms with Gasteiger partial charge in [-0.3, -0.25) is 0 Å². The third-order valence-electron chi connectivity index (χ3n) is 11.3. The summed E-state index contributed by atoms with van der Waals surface area (Å²) in [6, 6.07) is 76.4. The first kappa shape index (κ1) is 32.0. The highest BCUT2D eigenvalue weighted by molar-refractivity contribution is 6.36. The van der Waals surface area contributed by atoms with Crippen molar-refractivity contribution in [1.29, 1.82) is 0 Å². The molecule has 56 heavy (non-hydrogen) atoms. The van der Waals surface area contributed by atoms with E-state index in [2.05, 4.69) is 211 Å². The van der Waals surface area contributed by atoms with Crippen molar-refractivity contribution in [3.05, 3.63) is 212 Å². The molecule has 1 heterocycles. The molecule has 0 aliphatic heterocycles. The van der Waals surface area contributed by atoms with Gasteiger partial charge in [-0.2, -0.15) is 0 Å². The van der Waals surface area contributed by atoms with Gasteiger partial charge in [-0.25, -0.2) is 0 Å². The van der Waals surface area contributed by atoms with Gasteiger partial charge in [0.05, 0.1) is 5.69 Å². The SMILES string of the molecule is c1ccc(-c2ccc(-c3ccc(N(c4ccc(-c5ccccc5)cc4)c4cccc5c6ccc7oc8ccccc8c7c6c6ccccc6c45)cc3)cc2)cc1. The van der Waals surface area contributed by atoms with E-state index >= 15 is 0 Å². The maximum atomic E-state index is 6.40. The lowest BCUT2D eigenvalue weighted by Crippen LogP contribution is -2.10. The lowest BCUT2D eigenvalue weighted by atomic mass is 9.90. The van der Waals surface area contributed by atoms with E-state index in [-0.39, 0.29) is 0 Å². The number of hydrogen-bond donors (Lipinski definition) is 0. The Balaban J connectivity index is 1.11. The van der Waals surface area contributed by atoms with Crippen molar-refractivity contribution in [2.24, 2.45) is 0 Å².